The summed E-state index contributed by atoms with van der Waals surface area (Å²) < 4.78 is 11.3. The predicted molar refractivity (Wildman–Crippen MR) is 134 cm³/mol. The Morgan fingerprint density at radius 3 is 2.32 bits per heavy atom. The second-order valence-corrected chi connectivity index (χ2v) is 8.70. The number of nitrogens with zero attached hydrogens (tertiary/aromatic N) is 3. The van der Waals surface area contributed by atoms with Crippen LogP contribution in [0.3, 0.4) is 0 Å². The Bertz CT molecular complexity index is 1330. The maximum Gasteiger partial charge on any atom is 0.269 e. The molecule has 2 aliphatic rings. The number of hydrogen-bond donors (Lipinski definition) is 0. The van der Waals surface area contributed by atoms with E-state index in [1.165, 1.54) is 24.3 Å². The van der Waals surface area contributed by atoms with Crippen LogP contribution in [0.1, 0.15) is 24.9 Å². The highest BCUT2D eigenvalue weighted by Crippen LogP contribution is 2.48. The Labute approximate surface area is 213 Å². The number of methoxy groups -OCH3 is 1. The zero-order valence-electron chi connectivity index (χ0n) is 20.3. The number of hydrogen-bond acceptors (Lipinski definition) is 8. The first-order valence-electron chi connectivity index (χ1n) is 11.9. The van der Waals surface area contributed by atoms with Crippen LogP contribution in [0.5, 0.6) is 11.5 Å². The predicted octanol–water partition coefficient (Wildman–Crippen LogP) is 4.44. The zero-order valence-corrected chi connectivity index (χ0v) is 20.3. The molecule has 2 heterocycles. The van der Waals surface area contributed by atoms with Crippen LogP contribution in [-0.2, 0) is 14.4 Å². The van der Waals surface area contributed by atoms with Crippen molar-refractivity contribution in [3.8, 4) is 11.5 Å². The van der Waals surface area contributed by atoms with Gasteiger partial charge < -0.3 is 9.47 Å². The van der Waals surface area contributed by atoms with E-state index in [4.69, 9.17) is 14.3 Å². The molecule has 3 aromatic carbocycles. The third-order valence-electron chi connectivity index (χ3n) is 6.44. The topological polar surface area (TPSA) is 111 Å². The normalized spacial score (nSPS) is 20.8. The van der Waals surface area contributed by atoms with Crippen LogP contribution in [0.15, 0.2) is 72.8 Å². The third-order valence-corrected chi connectivity index (χ3v) is 6.44. The van der Waals surface area contributed by atoms with Gasteiger partial charge in [-0.2, -0.15) is 0 Å². The molecule has 2 saturated heterocycles. The molecule has 0 saturated carbocycles. The van der Waals surface area contributed by atoms with Crippen LogP contribution in [0.25, 0.3) is 0 Å². The van der Waals surface area contributed by atoms with Crippen molar-refractivity contribution in [2.75, 3.05) is 23.7 Å². The Morgan fingerprint density at radius 1 is 0.946 bits per heavy atom. The summed E-state index contributed by atoms with van der Waals surface area (Å²) >= 11 is 0. The smallest absolute Gasteiger partial charge is 0.269 e. The molecule has 37 heavy (non-hydrogen) atoms. The molecule has 0 unspecified atom stereocenters. The van der Waals surface area contributed by atoms with Gasteiger partial charge in [0.15, 0.2) is 17.6 Å². The number of nitro groups is 1. The zero-order chi connectivity index (χ0) is 26.1. The van der Waals surface area contributed by atoms with E-state index in [1.807, 2.05) is 43.3 Å². The van der Waals surface area contributed by atoms with Crippen molar-refractivity contribution >= 4 is 28.9 Å². The summed E-state index contributed by atoms with van der Waals surface area (Å²) in [6, 6.07) is 19.3. The lowest BCUT2D eigenvalue weighted by atomic mass is 9.90. The van der Waals surface area contributed by atoms with Gasteiger partial charge >= 0.3 is 0 Å². The molecule has 2 fully saturated rings. The molecule has 3 atom stereocenters. The van der Waals surface area contributed by atoms with Crippen molar-refractivity contribution in [2.45, 2.75) is 25.5 Å². The number of fused-ring (bicyclic) bond motifs is 1. The minimum Gasteiger partial charge on any atom is -0.493 e. The molecular formula is C27H25N3O7. The number of hydroxylamine groups is 1. The molecule has 0 spiro atoms. The molecule has 3 aromatic rings. The first-order chi connectivity index (χ1) is 17.9. The highest BCUT2D eigenvalue weighted by atomic mass is 16.7. The maximum absolute atomic E-state index is 13.7. The van der Waals surface area contributed by atoms with Crippen molar-refractivity contribution in [3.63, 3.8) is 0 Å². The van der Waals surface area contributed by atoms with E-state index in [1.54, 1.807) is 24.3 Å². The number of rotatable bonds is 8. The van der Waals surface area contributed by atoms with Gasteiger partial charge in [-0.15, -0.1) is 0 Å². The van der Waals surface area contributed by atoms with E-state index < -0.39 is 34.8 Å². The monoisotopic (exact) mass is 503 g/mol. The number of anilines is 2. The summed E-state index contributed by atoms with van der Waals surface area (Å²) in [5.41, 5.74) is 1.52. The number of non-ortho nitro benzene ring substituents is 1. The number of benzene rings is 3. The van der Waals surface area contributed by atoms with Crippen molar-refractivity contribution in [1.29, 1.82) is 0 Å². The minimum atomic E-state index is -1.06. The summed E-state index contributed by atoms with van der Waals surface area (Å²) in [7, 11) is 1.54. The fourth-order valence-corrected chi connectivity index (χ4v) is 4.73. The molecule has 0 bridgehead atoms. The number of carbonyl (C=O) groups is 2. The Balaban J connectivity index is 1.55. The number of para-hydroxylation sites is 1. The second-order valence-electron chi connectivity index (χ2n) is 8.70. The Hall–Kier alpha value is -4.44. The molecule has 190 valence electrons. The van der Waals surface area contributed by atoms with Crippen LogP contribution in [0.4, 0.5) is 17.1 Å². The van der Waals surface area contributed by atoms with Crippen LogP contribution >= 0.6 is 0 Å². The first-order valence-corrected chi connectivity index (χ1v) is 11.9. The first kappa shape index (κ1) is 24.3. The summed E-state index contributed by atoms with van der Waals surface area (Å²) in [6.45, 7) is 2.54. The molecule has 10 heteroatoms. The van der Waals surface area contributed by atoms with E-state index in [9.17, 15) is 19.7 Å². The highest BCUT2D eigenvalue weighted by molar-refractivity contribution is 6.24. The minimum absolute atomic E-state index is 0.134. The van der Waals surface area contributed by atoms with Gasteiger partial charge in [0.2, 0.25) is 5.91 Å². The summed E-state index contributed by atoms with van der Waals surface area (Å²) in [5, 5.41) is 12.6. The molecule has 5 rings (SSSR count). The van der Waals surface area contributed by atoms with Gasteiger partial charge in [0.25, 0.3) is 11.6 Å². The lowest BCUT2D eigenvalue weighted by molar-refractivity contribution is -0.384. The Morgan fingerprint density at radius 2 is 1.68 bits per heavy atom. The van der Waals surface area contributed by atoms with Crippen LogP contribution in [0, 0.1) is 16.0 Å². The van der Waals surface area contributed by atoms with Crippen molar-refractivity contribution in [1.82, 2.24) is 0 Å². The summed E-state index contributed by atoms with van der Waals surface area (Å²) in [6.07, 6.45) is -0.225. The van der Waals surface area contributed by atoms with Crippen molar-refractivity contribution in [3.05, 3.63) is 88.5 Å². The van der Waals surface area contributed by atoms with E-state index in [0.717, 1.165) is 11.3 Å². The van der Waals surface area contributed by atoms with E-state index in [0.29, 0.717) is 29.4 Å². The van der Waals surface area contributed by atoms with Gasteiger partial charge in [-0.25, -0.2) is 9.96 Å². The molecule has 2 amide bonds. The van der Waals surface area contributed by atoms with Gasteiger partial charge in [-0.1, -0.05) is 31.2 Å². The molecule has 0 N–H and O–H groups in total. The van der Waals surface area contributed by atoms with E-state index >= 15 is 0 Å². The molecule has 0 aliphatic carbocycles. The standard InChI is InChI=1S/C27H25N3O7/c1-3-15-36-21-14-9-17(16-22(21)35-2)24-23-25(37-29(24)19-7-5-4-6-8-19)27(32)28(26(23)31)18-10-12-20(13-11-18)30(33)34/h4-14,16,23-25H,3,15H2,1-2H3/t23-,24+,25-/m0/s1. The van der Waals surface area contributed by atoms with Crippen LogP contribution < -0.4 is 19.4 Å². The fraction of sp³-hybridized carbons (Fsp3) is 0.259. The van der Waals surface area contributed by atoms with Gasteiger partial charge in [-0.05, 0) is 48.4 Å². The average Bonchev–Trinajstić information content (AvgIpc) is 3.43. The lowest BCUT2D eigenvalue weighted by Gasteiger charge is -2.29. The van der Waals surface area contributed by atoms with E-state index in [2.05, 4.69) is 0 Å². The Kier molecular flexibility index (Phi) is 6.49. The average molecular weight is 504 g/mol. The fourth-order valence-electron chi connectivity index (χ4n) is 4.73. The summed E-state index contributed by atoms with van der Waals surface area (Å²) in [5.74, 6) is -0.739. The van der Waals surface area contributed by atoms with Gasteiger partial charge in [0, 0.05) is 12.1 Å². The maximum atomic E-state index is 13.7. The number of ether oxygens (including phenoxy) is 2. The third kappa shape index (κ3) is 4.25. The van der Waals surface area contributed by atoms with Gasteiger partial charge in [0.1, 0.15) is 5.92 Å². The largest absolute Gasteiger partial charge is 0.493 e. The second kappa shape index (κ2) is 9.90. The number of amides is 2. The SMILES string of the molecule is CCCOc1ccc([C@@H]2[C@@H]3C(=O)N(c4ccc([N+](=O)[O-])cc4)C(=O)[C@H]3ON2c2ccccc2)cc1OC. The molecule has 2 aliphatic heterocycles. The van der Waals surface area contributed by atoms with E-state index in [-0.39, 0.29) is 11.4 Å². The quantitative estimate of drug-likeness (QED) is 0.252. The molecular weight excluding hydrogens is 478 g/mol. The van der Waals surface area contributed by atoms with Crippen LogP contribution in [0.2, 0.25) is 0 Å². The van der Waals surface area contributed by atoms with Gasteiger partial charge in [0.05, 0.1) is 36.1 Å². The highest BCUT2D eigenvalue weighted by Gasteiger charge is 2.60. The number of nitro benzene ring substituents is 1. The number of imide groups is 1. The lowest BCUT2D eigenvalue weighted by Crippen LogP contribution is -2.37. The molecule has 0 radical (unpaired) electrons. The van der Waals surface area contributed by atoms with Crippen LogP contribution in [-0.4, -0.2) is 36.6 Å². The number of carbonyl (C=O) groups excluding carboxylic acids is 2. The van der Waals surface area contributed by atoms with Gasteiger partial charge in [-0.3, -0.25) is 24.5 Å². The molecule has 0 aromatic heterocycles. The molecule has 10 nitrogen and oxygen atoms in total. The van der Waals surface area contributed by atoms with Crippen molar-refractivity contribution < 1.29 is 28.8 Å². The van der Waals surface area contributed by atoms with Crippen molar-refractivity contribution in [2.24, 2.45) is 5.92 Å². The summed E-state index contributed by atoms with van der Waals surface area (Å²) in [4.78, 5) is 44.9.